The summed E-state index contributed by atoms with van der Waals surface area (Å²) in [5.74, 6) is 1.35. The monoisotopic (exact) mass is 255 g/mol. The second kappa shape index (κ2) is 6.29. The van der Waals surface area contributed by atoms with Crippen LogP contribution >= 0.6 is 0 Å². The molecule has 0 atom stereocenters. The van der Waals surface area contributed by atoms with E-state index in [4.69, 9.17) is 0 Å². The largest absolute Gasteiger partial charge is 0.253 e. The molecule has 0 aliphatic rings. The Labute approximate surface area is 110 Å². The molecule has 0 aromatic carbocycles. The van der Waals surface area contributed by atoms with Gasteiger partial charge in [0.15, 0.2) is 0 Å². The highest BCUT2D eigenvalue weighted by molar-refractivity contribution is 5.48. The number of aryl methyl sites for hydroxylation is 2. The van der Waals surface area contributed by atoms with Gasteiger partial charge in [0, 0.05) is 18.6 Å². The summed E-state index contributed by atoms with van der Waals surface area (Å²) in [5, 5.41) is 13.5. The molecule has 0 aliphatic carbocycles. The van der Waals surface area contributed by atoms with E-state index < -0.39 is 0 Å². The number of nitrogens with one attached hydrogen (secondary N) is 1. The van der Waals surface area contributed by atoms with Crippen molar-refractivity contribution in [1.29, 1.82) is 0 Å². The zero-order valence-corrected chi connectivity index (χ0v) is 10.6. The van der Waals surface area contributed by atoms with Crippen LogP contribution in [-0.4, -0.2) is 35.6 Å². The van der Waals surface area contributed by atoms with Gasteiger partial charge in [-0.15, -0.1) is 10.2 Å². The summed E-state index contributed by atoms with van der Waals surface area (Å²) in [6.45, 7) is 3.85. The zero-order valence-electron chi connectivity index (χ0n) is 10.6. The fourth-order valence-corrected chi connectivity index (χ4v) is 1.30. The number of aromatic amines is 1. The molecule has 0 unspecified atom stereocenters. The Bertz CT molecular complexity index is 607. The number of hydrogen-bond acceptors (Lipinski definition) is 6. The van der Waals surface area contributed by atoms with Crippen LogP contribution in [-0.2, 0) is 0 Å². The molecule has 7 nitrogen and oxygen atoms in total. The molecule has 1 N–H and O–H groups in total. The van der Waals surface area contributed by atoms with Gasteiger partial charge in [-0.05, 0) is 42.8 Å². The third kappa shape index (κ3) is 3.91. The Hall–Kier alpha value is -2.70. The number of tetrazole rings is 1. The number of pyridine rings is 1. The van der Waals surface area contributed by atoms with Crippen LogP contribution < -0.4 is 0 Å². The normalized spacial score (nSPS) is 9.58. The van der Waals surface area contributed by atoms with Crippen molar-refractivity contribution in [3.8, 4) is 11.5 Å². The van der Waals surface area contributed by atoms with Crippen molar-refractivity contribution in [1.82, 2.24) is 35.6 Å². The van der Waals surface area contributed by atoms with Crippen molar-refractivity contribution in [2.45, 2.75) is 13.8 Å². The van der Waals surface area contributed by atoms with Gasteiger partial charge in [-0.2, -0.15) is 5.21 Å². The second-order valence-electron chi connectivity index (χ2n) is 3.75. The number of H-pyrrole nitrogens is 1. The minimum atomic E-state index is 0.527. The third-order valence-electron chi connectivity index (χ3n) is 2.18. The summed E-state index contributed by atoms with van der Waals surface area (Å²) < 4.78 is 0. The standard InChI is InChI=1S/C7H7N5.C5H6N2/c1-5-2-3-8-6(4-5)7-9-11-12-10-7;1-5-6-3-2-4-7-5/h2-4H,1H3,(H,9,10,11,12);2-4H,1H3. The van der Waals surface area contributed by atoms with Crippen molar-refractivity contribution in [3.05, 3.63) is 48.2 Å². The van der Waals surface area contributed by atoms with E-state index in [1.807, 2.05) is 26.0 Å². The molecule has 0 saturated heterocycles. The average molecular weight is 255 g/mol. The van der Waals surface area contributed by atoms with E-state index in [0.29, 0.717) is 5.82 Å². The van der Waals surface area contributed by atoms with Crippen molar-refractivity contribution in [3.63, 3.8) is 0 Å². The highest BCUT2D eigenvalue weighted by Gasteiger charge is 2.02. The predicted molar refractivity (Wildman–Crippen MR) is 68.9 cm³/mol. The summed E-state index contributed by atoms with van der Waals surface area (Å²) in [4.78, 5) is 11.8. The van der Waals surface area contributed by atoms with Crippen LogP contribution in [0.15, 0.2) is 36.8 Å². The van der Waals surface area contributed by atoms with E-state index in [9.17, 15) is 0 Å². The number of aromatic nitrogens is 7. The van der Waals surface area contributed by atoms with Crippen molar-refractivity contribution in [2.75, 3.05) is 0 Å². The maximum Gasteiger partial charge on any atom is 0.222 e. The topological polar surface area (TPSA) is 93.1 Å². The Morgan fingerprint density at radius 3 is 2.32 bits per heavy atom. The lowest BCUT2D eigenvalue weighted by molar-refractivity contribution is 0.881. The minimum absolute atomic E-state index is 0.527. The van der Waals surface area contributed by atoms with Crippen LogP contribution in [0.4, 0.5) is 0 Å². The molecule has 19 heavy (non-hydrogen) atoms. The first-order valence-corrected chi connectivity index (χ1v) is 5.66. The summed E-state index contributed by atoms with van der Waals surface area (Å²) in [5.41, 5.74) is 1.87. The lowest BCUT2D eigenvalue weighted by atomic mass is 10.2. The van der Waals surface area contributed by atoms with E-state index in [0.717, 1.165) is 17.1 Å². The van der Waals surface area contributed by atoms with Gasteiger partial charge in [0.05, 0.1) is 0 Å². The number of rotatable bonds is 1. The molecule has 0 bridgehead atoms. The highest BCUT2D eigenvalue weighted by Crippen LogP contribution is 2.09. The van der Waals surface area contributed by atoms with Crippen molar-refractivity contribution < 1.29 is 0 Å². The number of nitrogens with zero attached hydrogens (tertiary/aromatic N) is 6. The second-order valence-corrected chi connectivity index (χ2v) is 3.75. The van der Waals surface area contributed by atoms with Crippen LogP contribution in [0.5, 0.6) is 0 Å². The van der Waals surface area contributed by atoms with Crippen LogP contribution in [0.25, 0.3) is 11.5 Å². The molecule has 3 heterocycles. The highest BCUT2D eigenvalue weighted by atomic mass is 15.5. The first-order chi connectivity index (χ1) is 9.25. The molecular formula is C12H13N7. The van der Waals surface area contributed by atoms with Crippen molar-refractivity contribution >= 4 is 0 Å². The molecule has 0 saturated carbocycles. The molecule has 0 aliphatic heterocycles. The zero-order chi connectivity index (χ0) is 13.5. The maximum absolute atomic E-state index is 4.10. The Morgan fingerprint density at radius 2 is 1.79 bits per heavy atom. The molecule has 3 aromatic heterocycles. The maximum atomic E-state index is 4.10. The average Bonchev–Trinajstić information content (AvgIpc) is 2.94. The van der Waals surface area contributed by atoms with E-state index in [2.05, 4.69) is 35.6 Å². The van der Waals surface area contributed by atoms with Gasteiger partial charge in [0.2, 0.25) is 5.82 Å². The summed E-state index contributed by atoms with van der Waals surface area (Å²) in [6.07, 6.45) is 5.17. The molecule has 3 rings (SSSR count). The van der Waals surface area contributed by atoms with Crippen LogP contribution in [0.3, 0.4) is 0 Å². The van der Waals surface area contributed by atoms with E-state index >= 15 is 0 Å². The first-order valence-electron chi connectivity index (χ1n) is 5.66. The van der Waals surface area contributed by atoms with Crippen molar-refractivity contribution in [2.24, 2.45) is 0 Å². The molecule has 0 spiro atoms. The quantitative estimate of drug-likeness (QED) is 0.705. The minimum Gasteiger partial charge on any atom is -0.253 e. The van der Waals surface area contributed by atoms with Gasteiger partial charge in [0.1, 0.15) is 11.5 Å². The molecule has 0 amide bonds. The van der Waals surface area contributed by atoms with E-state index in [1.54, 1.807) is 24.7 Å². The fraction of sp³-hybridized carbons (Fsp3) is 0.167. The van der Waals surface area contributed by atoms with Gasteiger partial charge in [-0.25, -0.2) is 9.97 Å². The third-order valence-corrected chi connectivity index (χ3v) is 2.18. The Balaban J connectivity index is 0.000000163. The van der Waals surface area contributed by atoms with E-state index in [1.165, 1.54) is 0 Å². The van der Waals surface area contributed by atoms with Crippen LogP contribution in [0.1, 0.15) is 11.4 Å². The number of hydrogen-bond donors (Lipinski definition) is 1. The van der Waals surface area contributed by atoms with Gasteiger partial charge < -0.3 is 0 Å². The lowest BCUT2D eigenvalue weighted by Gasteiger charge is -1.93. The molecular weight excluding hydrogens is 242 g/mol. The SMILES string of the molecule is Cc1ccnc(-c2nn[nH]n2)c1.Cc1ncccn1. The van der Waals surface area contributed by atoms with E-state index in [-0.39, 0.29) is 0 Å². The molecule has 3 aromatic rings. The summed E-state index contributed by atoms with van der Waals surface area (Å²) in [6, 6.07) is 5.63. The molecule has 0 radical (unpaired) electrons. The Morgan fingerprint density at radius 1 is 1.00 bits per heavy atom. The molecule has 0 fully saturated rings. The fourth-order valence-electron chi connectivity index (χ4n) is 1.30. The van der Waals surface area contributed by atoms with Gasteiger partial charge in [-0.1, -0.05) is 0 Å². The van der Waals surface area contributed by atoms with Gasteiger partial charge in [-0.3, -0.25) is 4.98 Å². The Kier molecular flexibility index (Phi) is 4.22. The summed E-state index contributed by atoms with van der Waals surface area (Å²) >= 11 is 0. The van der Waals surface area contributed by atoms with Crippen LogP contribution in [0.2, 0.25) is 0 Å². The smallest absolute Gasteiger partial charge is 0.222 e. The van der Waals surface area contributed by atoms with Gasteiger partial charge in [0.25, 0.3) is 0 Å². The first kappa shape index (κ1) is 12.7. The van der Waals surface area contributed by atoms with Gasteiger partial charge >= 0.3 is 0 Å². The van der Waals surface area contributed by atoms with Crippen LogP contribution in [0, 0.1) is 13.8 Å². The molecule has 96 valence electrons. The molecule has 7 heteroatoms. The lowest BCUT2D eigenvalue weighted by Crippen LogP contribution is -1.86. The summed E-state index contributed by atoms with van der Waals surface area (Å²) in [7, 11) is 0. The predicted octanol–water partition coefficient (Wildman–Crippen LogP) is 1.36.